The summed E-state index contributed by atoms with van der Waals surface area (Å²) in [6, 6.07) is 6.36. The van der Waals surface area contributed by atoms with Crippen molar-refractivity contribution in [1.29, 1.82) is 0 Å². The zero-order valence-electron chi connectivity index (χ0n) is 14.7. The number of carbonyl (C=O) groups excluding carboxylic acids is 1. The van der Waals surface area contributed by atoms with Gasteiger partial charge in [0.2, 0.25) is 5.91 Å². The summed E-state index contributed by atoms with van der Waals surface area (Å²) < 4.78 is 0. The number of anilines is 1. The van der Waals surface area contributed by atoms with Crippen molar-refractivity contribution in [2.75, 3.05) is 5.32 Å². The average molecular weight is 301 g/mol. The number of hydrogen-bond acceptors (Lipinski definition) is 1. The maximum Gasteiger partial charge on any atom is 0.227 e. The molecule has 0 bridgehead atoms. The van der Waals surface area contributed by atoms with Gasteiger partial charge < -0.3 is 5.32 Å². The van der Waals surface area contributed by atoms with Crippen LogP contribution in [0.25, 0.3) is 0 Å². The number of benzene rings is 1. The summed E-state index contributed by atoms with van der Waals surface area (Å²) in [7, 11) is 0. The minimum atomic E-state index is 0.194. The van der Waals surface area contributed by atoms with Gasteiger partial charge in [-0.05, 0) is 61.3 Å². The predicted molar refractivity (Wildman–Crippen MR) is 94.2 cm³/mol. The van der Waals surface area contributed by atoms with E-state index in [2.05, 4.69) is 45.1 Å². The second-order valence-corrected chi connectivity index (χ2v) is 6.97. The molecule has 2 rings (SSSR count). The first-order chi connectivity index (χ1) is 10.5. The van der Waals surface area contributed by atoms with Crippen molar-refractivity contribution >= 4 is 11.6 Å². The normalized spacial score (nSPS) is 14.9. The molecule has 1 N–H and O–H groups in total. The fourth-order valence-electron chi connectivity index (χ4n) is 3.29. The van der Waals surface area contributed by atoms with Crippen molar-refractivity contribution in [2.45, 2.75) is 72.6 Å². The average Bonchev–Trinajstić information content (AvgIpc) is 3.37. The molecule has 2 nitrogen and oxygen atoms in total. The predicted octanol–water partition coefficient (Wildman–Crippen LogP) is 5.49. The highest BCUT2D eigenvalue weighted by molar-refractivity contribution is 5.94. The van der Waals surface area contributed by atoms with E-state index in [9.17, 15) is 4.79 Å². The van der Waals surface area contributed by atoms with E-state index in [1.165, 1.54) is 36.8 Å². The van der Waals surface area contributed by atoms with Gasteiger partial charge in [0.1, 0.15) is 0 Å². The van der Waals surface area contributed by atoms with E-state index in [0.717, 1.165) is 24.9 Å². The lowest BCUT2D eigenvalue weighted by Gasteiger charge is -2.30. The third-order valence-electron chi connectivity index (χ3n) is 5.74. The Kier molecular flexibility index (Phi) is 5.66. The molecule has 1 amide bonds. The van der Waals surface area contributed by atoms with Crippen molar-refractivity contribution < 1.29 is 4.79 Å². The molecule has 0 heterocycles. The summed E-state index contributed by atoms with van der Waals surface area (Å²) in [5.74, 6) is 0.456. The molecule has 22 heavy (non-hydrogen) atoms. The van der Waals surface area contributed by atoms with Crippen molar-refractivity contribution in [3.8, 4) is 0 Å². The Morgan fingerprint density at radius 2 is 1.82 bits per heavy atom. The lowest BCUT2D eigenvalue weighted by Crippen LogP contribution is -2.19. The molecular weight excluding hydrogens is 270 g/mol. The molecule has 0 spiro atoms. The van der Waals surface area contributed by atoms with Gasteiger partial charge in [0.25, 0.3) is 0 Å². The highest BCUT2D eigenvalue weighted by atomic mass is 16.2. The summed E-state index contributed by atoms with van der Waals surface area (Å²) in [5, 5.41) is 3.07. The van der Waals surface area contributed by atoms with E-state index >= 15 is 0 Å². The monoisotopic (exact) mass is 301 g/mol. The Morgan fingerprint density at radius 3 is 2.36 bits per heavy atom. The molecule has 1 saturated carbocycles. The topological polar surface area (TPSA) is 29.1 Å². The van der Waals surface area contributed by atoms with Crippen molar-refractivity contribution in [1.82, 2.24) is 0 Å². The van der Waals surface area contributed by atoms with E-state index < -0.39 is 0 Å². The second kappa shape index (κ2) is 7.30. The third-order valence-corrected chi connectivity index (χ3v) is 5.74. The summed E-state index contributed by atoms with van der Waals surface area (Å²) >= 11 is 0. The SMILES string of the molecule is CCC(CC)(CC)CCc1cc(NC(=O)C2CC2)ccc1C. The zero-order valence-corrected chi connectivity index (χ0v) is 14.7. The van der Waals surface area contributed by atoms with Gasteiger partial charge in [-0.3, -0.25) is 4.79 Å². The molecule has 0 radical (unpaired) electrons. The molecule has 1 fully saturated rings. The Hall–Kier alpha value is -1.31. The molecule has 122 valence electrons. The van der Waals surface area contributed by atoms with Gasteiger partial charge in [-0.1, -0.05) is 46.1 Å². The fraction of sp³-hybridized carbons (Fsp3) is 0.650. The molecule has 0 aliphatic heterocycles. The Bertz CT molecular complexity index is 504. The maximum atomic E-state index is 11.9. The van der Waals surface area contributed by atoms with Crippen molar-refractivity contribution in [3.05, 3.63) is 29.3 Å². The van der Waals surface area contributed by atoms with E-state index in [0.29, 0.717) is 5.41 Å². The van der Waals surface area contributed by atoms with Crippen LogP contribution in [0.15, 0.2) is 18.2 Å². The number of nitrogens with one attached hydrogen (secondary N) is 1. The molecule has 1 aromatic rings. The lowest BCUT2D eigenvalue weighted by molar-refractivity contribution is -0.117. The standard InChI is InChI=1S/C20H31NO/c1-5-20(6-2,7-3)13-12-17-14-18(11-8-15(17)4)21-19(22)16-9-10-16/h8,11,14,16H,5-7,9-10,12-13H2,1-4H3,(H,21,22). The van der Waals surface area contributed by atoms with Crippen LogP contribution in [-0.4, -0.2) is 5.91 Å². The van der Waals surface area contributed by atoms with E-state index in [4.69, 9.17) is 0 Å². The summed E-state index contributed by atoms with van der Waals surface area (Å²) in [6.07, 6.45) is 8.18. The summed E-state index contributed by atoms with van der Waals surface area (Å²) in [6.45, 7) is 9.11. The Morgan fingerprint density at radius 1 is 1.18 bits per heavy atom. The van der Waals surface area contributed by atoms with Crippen LogP contribution < -0.4 is 5.32 Å². The lowest BCUT2D eigenvalue weighted by atomic mass is 9.75. The third kappa shape index (κ3) is 4.12. The number of aryl methyl sites for hydroxylation is 2. The van der Waals surface area contributed by atoms with Crippen LogP contribution in [-0.2, 0) is 11.2 Å². The molecule has 0 saturated heterocycles. The van der Waals surface area contributed by atoms with E-state index in [1.807, 2.05) is 6.07 Å². The quantitative estimate of drug-likeness (QED) is 0.675. The largest absolute Gasteiger partial charge is 0.326 e. The van der Waals surface area contributed by atoms with Gasteiger partial charge in [-0.2, -0.15) is 0 Å². The number of carbonyl (C=O) groups is 1. The molecular formula is C20H31NO. The Balaban J connectivity index is 2.04. The van der Waals surface area contributed by atoms with E-state index in [1.54, 1.807) is 0 Å². The highest BCUT2D eigenvalue weighted by Gasteiger charge is 2.29. The van der Waals surface area contributed by atoms with Gasteiger partial charge in [-0.15, -0.1) is 0 Å². The van der Waals surface area contributed by atoms with Crippen molar-refractivity contribution in [3.63, 3.8) is 0 Å². The van der Waals surface area contributed by atoms with Gasteiger partial charge in [-0.25, -0.2) is 0 Å². The van der Waals surface area contributed by atoms with Crippen LogP contribution in [0, 0.1) is 18.3 Å². The van der Waals surface area contributed by atoms with Crippen LogP contribution in [0.4, 0.5) is 5.69 Å². The van der Waals surface area contributed by atoms with Crippen LogP contribution in [0.2, 0.25) is 0 Å². The van der Waals surface area contributed by atoms with Crippen molar-refractivity contribution in [2.24, 2.45) is 11.3 Å². The molecule has 1 aliphatic carbocycles. The van der Waals surface area contributed by atoms with Crippen LogP contribution in [0.3, 0.4) is 0 Å². The molecule has 2 heteroatoms. The summed E-state index contributed by atoms with van der Waals surface area (Å²) in [4.78, 5) is 11.9. The first kappa shape index (κ1) is 17.1. The maximum absolute atomic E-state index is 11.9. The minimum Gasteiger partial charge on any atom is -0.326 e. The minimum absolute atomic E-state index is 0.194. The van der Waals surface area contributed by atoms with Gasteiger partial charge in [0.05, 0.1) is 0 Å². The first-order valence-corrected chi connectivity index (χ1v) is 8.94. The number of hydrogen-bond donors (Lipinski definition) is 1. The molecule has 0 aromatic heterocycles. The molecule has 1 aromatic carbocycles. The smallest absolute Gasteiger partial charge is 0.227 e. The summed E-state index contributed by atoms with van der Waals surface area (Å²) in [5.41, 5.74) is 4.15. The molecule has 1 aliphatic rings. The highest BCUT2D eigenvalue weighted by Crippen LogP contribution is 2.36. The first-order valence-electron chi connectivity index (χ1n) is 8.94. The zero-order chi connectivity index (χ0) is 16.2. The number of amides is 1. The molecule has 0 atom stereocenters. The van der Waals surface area contributed by atoms with Gasteiger partial charge in [0.15, 0.2) is 0 Å². The van der Waals surface area contributed by atoms with Crippen LogP contribution >= 0.6 is 0 Å². The number of rotatable bonds is 8. The van der Waals surface area contributed by atoms with Gasteiger partial charge >= 0.3 is 0 Å². The Labute approximate surface area is 135 Å². The van der Waals surface area contributed by atoms with Crippen LogP contribution in [0.1, 0.15) is 70.4 Å². The molecule has 0 unspecified atom stereocenters. The second-order valence-electron chi connectivity index (χ2n) is 6.97. The fourth-order valence-corrected chi connectivity index (χ4v) is 3.29. The van der Waals surface area contributed by atoms with Crippen LogP contribution in [0.5, 0.6) is 0 Å². The van der Waals surface area contributed by atoms with E-state index in [-0.39, 0.29) is 11.8 Å². The van der Waals surface area contributed by atoms with Gasteiger partial charge in [0, 0.05) is 11.6 Å².